The van der Waals surface area contributed by atoms with Crippen molar-refractivity contribution in [2.24, 2.45) is 5.92 Å². The molecule has 0 bridgehead atoms. The highest BCUT2D eigenvalue weighted by Crippen LogP contribution is 2.18. The molecule has 2 heteroatoms. The highest BCUT2D eigenvalue weighted by Gasteiger charge is 2.18. The Labute approximate surface area is 76.2 Å². The van der Waals surface area contributed by atoms with Gasteiger partial charge in [-0.15, -0.1) is 0 Å². The van der Waals surface area contributed by atoms with Gasteiger partial charge in [-0.25, -0.2) is 0 Å². The van der Waals surface area contributed by atoms with Crippen LogP contribution in [0.3, 0.4) is 0 Å². The molecule has 1 aliphatic heterocycles. The minimum Gasteiger partial charge on any atom is -0.306 e. The summed E-state index contributed by atoms with van der Waals surface area (Å²) in [6.45, 7) is 6.41. The van der Waals surface area contributed by atoms with Crippen molar-refractivity contribution in [2.45, 2.75) is 33.1 Å². The molecule has 1 rings (SSSR count). The Morgan fingerprint density at radius 3 is 2.58 bits per heavy atom. The van der Waals surface area contributed by atoms with Crippen molar-refractivity contribution in [1.82, 2.24) is 4.90 Å². The largest absolute Gasteiger partial charge is 0.306 e. The maximum Gasteiger partial charge on any atom is 0.0621 e. The van der Waals surface area contributed by atoms with E-state index in [0.29, 0.717) is 0 Å². The van der Waals surface area contributed by atoms with Crippen LogP contribution in [0.1, 0.15) is 33.1 Å². The topological polar surface area (TPSA) is 27.0 Å². The standard InChI is InChI=1S/C8H14N2.C2H6/c1-10-6-4-8(7-10)3-2-5-9;1-2/h8H,2-4,6-7H2,1H3;1-2H3. The molecule has 1 unspecified atom stereocenters. The van der Waals surface area contributed by atoms with Crippen LogP contribution in [0.2, 0.25) is 0 Å². The number of nitriles is 1. The first-order valence-corrected chi connectivity index (χ1v) is 4.88. The molecule has 1 atom stereocenters. The van der Waals surface area contributed by atoms with Crippen molar-refractivity contribution in [3.05, 3.63) is 0 Å². The maximum atomic E-state index is 8.33. The first kappa shape index (κ1) is 11.4. The normalized spacial score (nSPS) is 22.7. The Bertz CT molecular complexity index is 137. The molecule has 0 aromatic heterocycles. The SMILES string of the molecule is CC.CN1CCC(CCC#N)C1. The molecule has 0 amide bonds. The van der Waals surface area contributed by atoms with Crippen molar-refractivity contribution >= 4 is 0 Å². The smallest absolute Gasteiger partial charge is 0.0621 e. The zero-order valence-corrected chi connectivity index (χ0v) is 8.51. The number of nitrogens with zero attached hydrogens (tertiary/aromatic N) is 2. The van der Waals surface area contributed by atoms with Gasteiger partial charge >= 0.3 is 0 Å². The molecule has 12 heavy (non-hydrogen) atoms. The van der Waals surface area contributed by atoms with Gasteiger partial charge in [0.2, 0.25) is 0 Å². The van der Waals surface area contributed by atoms with Gasteiger partial charge in [-0.1, -0.05) is 13.8 Å². The molecule has 0 aliphatic carbocycles. The Balaban J connectivity index is 0.000000561. The summed E-state index contributed by atoms with van der Waals surface area (Å²) in [7, 11) is 2.15. The van der Waals surface area contributed by atoms with Crippen molar-refractivity contribution < 1.29 is 0 Å². The predicted molar refractivity (Wildman–Crippen MR) is 51.8 cm³/mol. The van der Waals surface area contributed by atoms with Crippen LogP contribution in [0.4, 0.5) is 0 Å². The number of hydrogen-bond acceptors (Lipinski definition) is 2. The Morgan fingerprint density at radius 2 is 2.17 bits per heavy atom. The van der Waals surface area contributed by atoms with Crippen molar-refractivity contribution in [3.8, 4) is 6.07 Å². The lowest BCUT2D eigenvalue weighted by molar-refractivity contribution is 0.389. The summed E-state index contributed by atoms with van der Waals surface area (Å²) >= 11 is 0. The van der Waals surface area contributed by atoms with Gasteiger partial charge in [0, 0.05) is 13.0 Å². The average molecular weight is 168 g/mol. The maximum absolute atomic E-state index is 8.33. The molecule has 0 saturated carbocycles. The first-order valence-electron chi connectivity index (χ1n) is 4.88. The van der Waals surface area contributed by atoms with Crippen molar-refractivity contribution in [2.75, 3.05) is 20.1 Å². The Kier molecular flexibility index (Phi) is 6.79. The summed E-state index contributed by atoms with van der Waals surface area (Å²) in [6, 6.07) is 2.19. The van der Waals surface area contributed by atoms with E-state index in [0.717, 1.165) is 18.8 Å². The van der Waals surface area contributed by atoms with Gasteiger partial charge in [-0.2, -0.15) is 5.26 Å². The molecule has 1 saturated heterocycles. The second-order valence-electron chi connectivity index (χ2n) is 3.11. The van der Waals surface area contributed by atoms with E-state index < -0.39 is 0 Å². The third kappa shape index (κ3) is 4.35. The fraction of sp³-hybridized carbons (Fsp3) is 0.900. The molecule has 1 fully saturated rings. The van der Waals surface area contributed by atoms with Gasteiger partial charge in [0.05, 0.1) is 6.07 Å². The summed E-state index contributed by atoms with van der Waals surface area (Å²) in [6.07, 6.45) is 3.12. The van der Waals surface area contributed by atoms with Crippen LogP contribution in [0, 0.1) is 17.2 Å². The van der Waals surface area contributed by atoms with Gasteiger partial charge in [0.15, 0.2) is 0 Å². The molecule has 1 aliphatic rings. The minimum atomic E-state index is 0.735. The Morgan fingerprint density at radius 1 is 1.50 bits per heavy atom. The monoisotopic (exact) mass is 168 g/mol. The van der Waals surface area contributed by atoms with Crippen LogP contribution in [0.25, 0.3) is 0 Å². The summed E-state index contributed by atoms with van der Waals surface area (Å²) in [5.41, 5.74) is 0. The highest BCUT2D eigenvalue weighted by atomic mass is 15.1. The molecule has 0 radical (unpaired) electrons. The minimum absolute atomic E-state index is 0.735. The summed E-state index contributed by atoms with van der Waals surface area (Å²) in [5, 5.41) is 8.33. The highest BCUT2D eigenvalue weighted by molar-refractivity contribution is 4.77. The number of hydrogen-bond donors (Lipinski definition) is 0. The zero-order chi connectivity index (χ0) is 9.40. The van der Waals surface area contributed by atoms with E-state index in [4.69, 9.17) is 5.26 Å². The lowest BCUT2D eigenvalue weighted by Crippen LogP contribution is -2.13. The van der Waals surface area contributed by atoms with E-state index in [2.05, 4.69) is 18.0 Å². The first-order chi connectivity index (χ1) is 5.83. The molecule has 2 nitrogen and oxygen atoms in total. The van der Waals surface area contributed by atoms with E-state index in [1.807, 2.05) is 13.8 Å². The van der Waals surface area contributed by atoms with Crippen LogP contribution in [-0.2, 0) is 0 Å². The molecular weight excluding hydrogens is 148 g/mol. The van der Waals surface area contributed by atoms with E-state index in [9.17, 15) is 0 Å². The van der Waals surface area contributed by atoms with Crippen LogP contribution < -0.4 is 0 Å². The fourth-order valence-electron chi connectivity index (χ4n) is 1.53. The van der Waals surface area contributed by atoms with Gasteiger partial charge in [0.25, 0.3) is 0 Å². The van der Waals surface area contributed by atoms with Crippen LogP contribution in [-0.4, -0.2) is 25.0 Å². The molecule has 0 aromatic rings. The predicted octanol–water partition coefficient (Wildman–Crippen LogP) is 2.27. The lowest BCUT2D eigenvalue weighted by atomic mass is 10.0. The van der Waals surface area contributed by atoms with Gasteiger partial charge in [-0.05, 0) is 32.4 Å². The average Bonchev–Trinajstić information content (AvgIpc) is 2.51. The third-order valence-corrected chi connectivity index (χ3v) is 2.15. The third-order valence-electron chi connectivity index (χ3n) is 2.15. The van der Waals surface area contributed by atoms with Gasteiger partial charge < -0.3 is 4.90 Å². The van der Waals surface area contributed by atoms with E-state index in [1.54, 1.807) is 0 Å². The molecule has 1 heterocycles. The van der Waals surface area contributed by atoms with Gasteiger partial charge in [0.1, 0.15) is 0 Å². The van der Waals surface area contributed by atoms with Crippen LogP contribution in [0.15, 0.2) is 0 Å². The molecule has 70 valence electrons. The van der Waals surface area contributed by atoms with E-state index in [1.165, 1.54) is 19.5 Å². The van der Waals surface area contributed by atoms with Gasteiger partial charge in [-0.3, -0.25) is 0 Å². The summed E-state index contributed by atoms with van der Waals surface area (Å²) in [4.78, 5) is 2.34. The molecule has 0 spiro atoms. The van der Waals surface area contributed by atoms with Crippen LogP contribution >= 0.6 is 0 Å². The zero-order valence-electron chi connectivity index (χ0n) is 8.51. The van der Waals surface area contributed by atoms with E-state index in [-0.39, 0.29) is 0 Å². The summed E-state index contributed by atoms with van der Waals surface area (Å²) < 4.78 is 0. The fourth-order valence-corrected chi connectivity index (χ4v) is 1.53. The van der Waals surface area contributed by atoms with Crippen molar-refractivity contribution in [3.63, 3.8) is 0 Å². The molecule has 0 aromatic carbocycles. The summed E-state index contributed by atoms with van der Waals surface area (Å²) in [5.74, 6) is 0.796. The second kappa shape index (κ2) is 7.12. The van der Waals surface area contributed by atoms with Crippen molar-refractivity contribution in [1.29, 1.82) is 5.26 Å². The Hall–Kier alpha value is -0.550. The molecule has 0 N–H and O–H groups in total. The van der Waals surface area contributed by atoms with Crippen LogP contribution in [0.5, 0.6) is 0 Å². The molecular formula is C10H20N2. The quantitative estimate of drug-likeness (QED) is 0.632. The number of likely N-dealkylation sites (tertiary alicyclic amines) is 1. The lowest BCUT2D eigenvalue weighted by Gasteiger charge is -2.06. The second-order valence-corrected chi connectivity index (χ2v) is 3.11. The number of rotatable bonds is 2. The van der Waals surface area contributed by atoms with E-state index >= 15 is 0 Å².